The predicted octanol–water partition coefficient (Wildman–Crippen LogP) is 4.41. The largest absolute Gasteiger partial charge is 0.510 e. The monoisotopic (exact) mass is 605 g/mol. The Hall–Kier alpha value is -3.53. The molecule has 2 rings (SSSR count). The van der Waals surface area contributed by atoms with Gasteiger partial charge >= 0.3 is 26.0 Å². The molecule has 2 heterocycles. The fourth-order valence-corrected chi connectivity index (χ4v) is 3.96. The third-order valence-electron chi connectivity index (χ3n) is 4.45. The smallest absolute Gasteiger partial charge is 0.447 e. The fraction of sp³-hybridized carbons (Fsp3) is 0.652. The van der Waals surface area contributed by atoms with Crippen LogP contribution in [0, 0.1) is 0 Å². The van der Waals surface area contributed by atoms with Crippen LogP contribution in [-0.2, 0) is 48.6 Å². The maximum absolute atomic E-state index is 13.2. The lowest BCUT2D eigenvalue weighted by molar-refractivity contribution is -0.0369. The minimum atomic E-state index is -4.13. The van der Waals surface area contributed by atoms with E-state index >= 15 is 0 Å². The number of imidazole rings is 1. The summed E-state index contributed by atoms with van der Waals surface area (Å²) in [7, 11) is -4.13. The van der Waals surface area contributed by atoms with Gasteiger partial charge in [0.25, 0.3) is 0 Å². The lowest BCUT2D eigenvalue weighted by atomic mass is 10.4. The molecule has 1 unspecified atom stereocenters. The fourth-order valence-electron chi connectivity index (χ4n) is 2.87. The van der Waals surface area contributed by atoms with Gasteiger partial charge in [0.15, 0.2) is 17.0 Å². The minimum absolute atomic E-state index is 0.159. The summed E-state index contributed by atoms with van der Waals surface area (Å²) in [6.07, 6.45) is -2.48. The number of hydrogen-bond donors (Lipinski definition) is 1. The molecule has 0 aliphatic rings. The van der Waals surface area contributed by atoms with Gasteiger partial charge in [-0.3, -0.25) is 18.9 Å². The molecule has 0 saturated carbocycles. The van der Waals surface area contributed by atoms with E-state index in [1.165, 1.54) is 12.7 Å². The number of carbonyl (C=O) groups is 3. The third kappa shape index (κ3) is 12.3. The first-order chi connectivity index (χ1) is 19.3. The molecule has 0 saturated heterocycles. The van der Waals surface area contributed by atoms with Gasteiger partial charge < -0.3 is 33.0 Å². The van der Waals surface area contributed by atoms with Crippen molar-refractivity contribution in [2.75, 3.05) is 25.3 Å². The summed E-state index contributed by atoms with van der Waals surface area (Å²) in [6.45, 7) is 10.2. The van der Waals surface area contributed by atoms with Crippen molar-refractivity contribution in [1.82, 2.24) is 19.5 Å². The molecule has 1 N–H and O–H groups in total. The Balaban J connectivity index is 2.02. The second kappa shape index (κ2) is 16.0. The van der Waals surface area contributed by atoms with Gasteiger partial charge in [0.05, 0.1) is 37.3 Å². The van der Waals surface area contributed by atoms with E-state index in [4.69, 9.17) is 37.5 Å². The first kappa shape index (κ1) is 33.7. The number of amides is 1. The van der Waals surface area contributed by atoms with E-state index in [1.807, 2.05) is 0 Å². The molecule has 0 aromatic carbocycles. The second-order valence-electron chi connectivity index (χ2n) is 9.20. The van der Waals surface area contributed by atoms with Crippen molar-refractivity contribution >= 4 is 43.0 Å². The Bertz CT molecular complexity index is 1170. The molecule has 0 fully saturated rings. The molecule has 41 heavy (non-hydrogen) atoms. The molecule has 1 atom stereocenters. The molecule has 230 valence electrons. The Labute approximate surface area is 236 Å². The van der Waals surface area contributed by atoms with E-state index in [9.17, 15) is 18.9 Å². The van der Waals surface area contributed by atoms with Gasteiger partial charge in [-0.2, -0.15) is 0 Å². The summed E-state index contributed by atoms with van der Waals surface area (Å²) in [4.78, 5) is 47.7. The van der Waals surface area contributed by atoms with Crippen molar-refractivity contribution in [3.8, 4) is 0 Å². The lowest BCUT2D eigenvalue weighted by Crippen LogP contribution is -2.20. The molecule has 0 spiro atoms. The van der Waals surface area contributed by atoms with Crippen molar-refractivity contribution in [1.29, 1.82) is 0 Å². The molecule has 2 aromatic rings. The van der Waals surface area contributed by atoms with E-state index in [-0.39, 0.29) is 18.5 Å². The second-order valence-corrected chi connectivity index (χ2v) is 11.2. The number of nitrogens with zero attached hydrogens (tertiary/aromatic N) is 4. The molecular formula is C23H36N5O12P. The summed E-state index contributed by atoms with van der Waals surface area (Å²) in [5.41, 5.74) is 0.703. The van der Waals surface area contributed by atoms with Crippen LogP contribution in [0.4, 0.5) is 20.2 Å². The van der Waals surface area contributed by atoms with Crippen LogP contribution in [-0.4, -0.2) is 82.3 Å². The molecule has 0 bridgehead atoms. The summed E-state index contributed by atoms with van der Waals surface area (Å²) in [5, 5.41) is 2.52. The standard InChI is InChI=1S/C23H36N5O12P/c1-14(2)38-21(29)27-19-18-20(25-9-24-19)28(10-26-18)8-17(7)35-13-41(32,36-11-33-22(30)39-15(3)4)37-12-34-23(31)40-16(5)6/h9-10,14-17H,8,11-13H2,1-7H3,(H,24,25,27,29). The van der Waals surface area contributed by atoms with Crippen molar-refractivity contribution in [2.24, 2.45) is 0 Å². The van der Waals surface area contributed by atoms with Gasteiger partial charge in [-0.1, -0.05) is 0 Å². The summed E-state index contributed by atoms with van der Waals surface area (Å²) in [6, 6.07) is 0. The maximum Gasteiger partial charge on any atom is 0.510 e. The molecule has 17 nitrogen and oxygen atoms in total. The van der Waals surface area contributed by atoms with Crippen molar-refractivity contribution in [3.05, 3.63) is 12.7 Å². The summed E-state index contributed by atoms with van der Waals surface area (Å²) >= 11 is 0. The quantitative estimate of drug-likeness (QED) is 0.129. The van der Waals surface area contributed by atoms with Crippen LogP contribution < -0.4 is 5.32 Å². The van der Waals surface area contributed by atoms with Crippen molar-refractivity contribution in [3.63, 3.8) is 0 Å². The van der Waals surface area contributed by atoms with Crippen LogP contribution in [0.2, 0.25) is 0 Å². The van der Waals surface area contributed by atoms with Crippen LogP contribution in [0.25, 0.3) is 11.2 Å². The van der Waals surface area contributed by atoms with Crippen LogP contribution in [0.1, 0.15) is 48.5 Å². The normalized spacial score (nSPS) is 12.4. The highest BCUT2D eigenvalue weighted by Crippen LogP contribution is 2.48. The summed E-state index contributed by atoms with van der Waals surface area (Å²) < 4.78 is 55.0. The van der Waals surface area contributed by atoms with Crippen molar-refractivity contribution < 1.29 is 56.4 Å². The summed E-state index contributed by atoms with van der Waals surface area (Å²) in [5.74, 6) is 0.159. The Morgan fingerprint density at radius 2 is 1.41 bits per heavy atom. The van der Waals surface area contributed by atoms with E-state index in [0.717, 1.165) is 0 Å². The number of aromatic nitrogens is 4. The highest BCUT2D eigenvalue weighted by Gasteiger charge is 2.29. The van der Waals surface area contributed by atoms with Gasteiger partial charge in [-0.15, -0.1) is 0 Å². The van der Waals surface area contributed by atoms with Crippen molar-refractivity contribution in [2.45, 2.75) is 79.4 Å². The number of carbonyl (C=O) groups excluding carboxylic acids is 3. The van der Waals surface area contributed by atoms with E-state index in [0.29, 0.717) is 11.2 Å². The average molecular weight is 606 g/mol. The van der Waals surface area contributed by atoms with Gasteiger partial charge in [0.1, 0.15) is 12.7 Å². The van der Waals surface area contributed by atoms with Gasteiger partial charge in [-0.25, -0.2) is 29.3 Å². The van der Waals surface area contributed by atoms with Gasteiger partial charge in [0, 0.05) is 0 Å². The third-order valence-corrected chi connectivity index (χ3v) is 5.91. The molecule has 0 aliphatic heterocycles. The number of fused-ring (bicyclic) bond motifs is 1. The molecule has 0 radical (unpaired) electrons. The first-order valence-corrected chi connectivity index (χ1v) is 14.3. The van der Waals surface area contributed by atoms with E-state index < -0.39 is 64.2 Å². The lowest BCUT2D eigenvalue weighted by Gasteiger charge is -2.21. The number of nitrogens with one attached hydrogen (secondary N) is 1. The first-order valence-electron chi connectivity index (χ1n) is 12.6. The number of rotatable bonds is 15. The average Bonchev–Trinajstić information content (AvgIpc) is 3.25. The van der Waals surface area contributed by atoms with E-state index in [2.05, 4.69) is 20.3 Å². The Kier molecular flexibility index (Phi) is 13.2. The maximum atomic E-state index is 13.2. The zero-order chi connectivity index (χ0) is 30.6. The topological polar surface area (TPSA) is 198 Å². The zero-order valence-electron chi connectivity index (χ0n) is 23.9. The molecule has 1 amide bonds. The van der Waals surface area contributed by atoms with E-state index in [1.54, 1.807) is 53.0 Å². The van der Waals surface area contributed by atoms with Crippen LogP contribution in [0.5, 0.6) is 0 Å². The predicted molar refractivity (Wildman–Crippen MR) is 141 cm³/mol. The highest BCUT2D eigenvalue weighted by atomic mass is 31.2. The number of ether oxygens (including phenoxy) is 6. The molecular weight excluding hydrogens is 569 g/mol. The minimum Gasteiger partial charge on any atom is -0.447 e. The van der Waals surface area contributed by atoms with Gasteiger partial charge in [-0.05, 0) is 48.5 Å². The van der Waals surface area contributed by atoms with Crippen LogP contribution >= 0.6 is 7.60 Å². The molecule has 18 heteroatoms. The number of anilines is 1. The number of hydrogen-bond acceptors (Lipinski definition) is 15. The molecule has 0 aliphatic carbocycles. The van der Waals surface area contributed by atoms with Crippen LogP contribution in [0.3, 0.4) is 0 Å². The Morgan fingerprint density at radius 1 is 0.854 bits per heavy atom. The van der Waals surface area contributed by atoms with Crippen LogP contribution in [0.15, 0.2) is 12.7 Å². The highest BCUT2D eigenvalue weighted by molar-refractivity contribution is 7.53. The molecule has 2 aromatic heterocycles. The van der Waals surface area contributed by atoms with Gasteiger partial charge in [0.2, 0.25) is 13.6 Å². The Morgan fingerprint density at radius 3 is 1.95 bits per heavy atom. The SMILES string of the molecule is CC(C)OC(=O)Nc1ncnc2c1ncn2CC(C)OCP(=O)(OCOC(=O)OC(C)C)OCOC(=O)OC(C)C. The zero-order valence-corrected chi connectivity index (χ0v) is 24.8.